The van der Waals surface area contributed by atoms with Crippen LogP contribution >= 0.6 is 11.8 Å². The van der Waals surface area contributed by atoms with Crippen LogP contribution in [0.15, 0.2) is 30.3 Å². The zero-order valence-electron chi connectivity index (χ0n) is 12.8. The van der Waals surface area contributed by atoms with Crippen molar-refractivity contribution in [2.45, 2.75) is 25.9 Å². The molecule has 1 saturated heterocycles. The number of rotatable bonds is 7. The molecule has 1 fully saturated rings. The molecule has 5 heteroatoms. The number of carbonyl (C=O) groups is 1. The summed E-state index contributed by atoms with van der Waals surface area (Å²) in [5, 5.41) is 6.33. The molecule has 0 aromatic heterocycles. The van der Waals surface area contributed by atoms with Crippen molar-refractivity contribution in [3.8, 4) is 0 Å². The fourth-order valence-electron chi connectivity index (χ4n) is 2.68. The van der Waals surface area contributed by atoms with Crippen LogP contribution in [0.5, 0.6) is 0 Å². The fourth-order valence-corrected chi connectivity index (χ4v) is 3.62. The third kappa shape index (κ3) is 4.46. The topological polar surface area (TPSA) is 44.4 Å². The van der Waals surface area contributed by atoms with Crippen LogP contribution in [0.2, 0.25) is 0 Å². The zero-order chi connectivity index (χ0) is 15.1. The van der Waals surface area contributed by atoms with Gasteiger partial charge in [0.1, 0.15) is 0 Å². The van der Waals surface area contributed by atoms with E-state index in [1.165, 1.54) is 5.56 Å². The molecule has 1 unspecified atom stereocenters. The van der Waals surface area contributed by atoms with E-state index in [4.69, 9.17) is 0 Å². The molecule has 1 aromatic carbocycles. The second-order valence-corrected chi connectivity index (χ2v) is 6.19. The molecule has 0 bridgehead atoms. The lowest BCUT2D eigenvalue weighted by Crippen LogP contribution is -2.45. The Kier molecular flexibility index (Phi) is 6.54. The molecule has 1 aromatic rings. The Morgan fingerprint density at radius 1 is 1.38 bits per heavy atom. The van der Waals surface area contributed by atoms with Gasteiger partial charge in [-0.3, -0.25) is 15.0 Å². The highest BCUT2D eigenvalue weighted by Crippen LogP contribution is 2.19. The molecule has 0 radical (unpaired) electrons. The third-order valence-corrected chi connectivity index (χ3v) is 4.88. The van der Waals surface area contributed by atoms with Gasteiger partial charge in [-0.05, 0) is 18.7 Å². The van der Waals surface area contributed by atoms with Crippen molar-refractivity contribution in [3.05, 3.63) is 35.9 Å². The van der Waals surface area contributed by atoms with Crippen molar-refractivity contribution in [1.29, 1.82) is 0 Å². The normalized spacial score (nSPS) is 19.7. The Hall–Kier alpha value is -1.04. The second kappa shape index (κ2) is 8.41. The molecule has 0 saturated carbocycles. The van der Waals surface area contributed by atoms with E-state index in [-0.39, 0.29) is 18.0 Å². The highest BCUT2D eigenvalue weighted by molar-refractivity contribution is 7.99. The molecule has 1 heterocycles. The standard InChI is InChI=1S/C16H25N3OS/c1-3-19(4-2)15(13-8-6-5-7-9-13)10-17-16(20)14-11-21-12-18-14/h5-9,14-15,18H,3-4,10-12H2,1-2H3,(H,17,20)/t14-,15?/m1/s1. The number of hydrogen-bond donors (Lipinski definition) is 2. The van der Waals surface area contributed by atoms with Gasteiger partial charge in [-0.25, -0.2) is 0 Å². The van der Waals surface area contributed by atoms with E-state index in [2.05, 4.69) is 53.6 Å². The van der Waals surface area contributed by atoms with Gasteiger partial charge >= 0.3 is 0 Å². The molecule has 1 amide bonds. The monoisotopic (exact) mass is 307 g/mol. The molecule has 0 aliphatic carbocycles. The van der Waals surface area contributed by atoms with Crippen LogP contribution in [-0.2, 0) is 4.79 Å². The van der Waals surface area contributed by atoms with E-state index in [1.807, 2.05) is 6.07 Å². The number of nitrogens with zero attached hydrogens (tertiary/aromatic N) is 1. The average molecular weight is 307 g/mol. The van der Waals surface area contributed by atoms with Gasteiger partial charge in [0.2, 0.25) is 5.91 Å². The summed E-state index contributed by atoms with van der Waals surface area (Å²) in [7, 11) is 0. The molecule has 2 atom stereocenters. The van der Waals surface area contributed by atoms with Crippen LogP contribution in [0.4, 0.5) is 0 Å². The van der Waals surface area contributed by atoms with E-state index in [1.54, 1.807) is 11.8 Å². The van der Waals surface area contributed by atoms with Crippen LogP contribution in [0.3, 0.4) is 0 Å². The van der Waals surface area contributed by atoms with E-state index >= 15 is 0 Å². The highest BCUT2D eigenvalue weighted by Gasteiger charge is 2.24. The van der Waals surface area contributed by atoms with Crippen LogP contribution < -0.4 is 10.6 Å². The van der Waals surface area contributed by atoms with Crippen LogP contribution in [0, 0.1) is 0 Å². The Balaban J connectivity index is 2.00. The number of likely N-dealkylation sites (N-methyl/N-ethyl adjacent to an activating group) is 1. The lowest BCUT2D eigenvalue weighted by atomic mass is 10.0. The molecule has 1 aliphatic rings. The SMILES string of the molecule is CCN(CC)C(CNC(=O)[C@H]1CSCN1)c1ccccc1. The number of hydrogen-bond acceptors (Lipinski definition) is 4. The summed E-state index contributed by atoms with van der Waals surface area (Å²) in [5.74, 6) is 1.86. The van der Waals surface area contributed by atoms with Crippen molar-refractivity contribution >= 4 is 17.7 Å². The maximum absolute atomic E-state index is 12.2. The molecule has 0 spiro atoms. The van der Waals surface area contributed by atoms with Crippen LogP contribution in [-0.4, -0.2) is 48.1 Å². The summed E-state index contributed by atoms with van der Waals surface area (Å²) in [5.41, 5.74) is 1.26. The van der Waals surface area contributed by atoms with Gasteiger partial charge in [0.15, 0.2) is 0 Å². The van der Waals surface area contributed by atoms with E-state index in [9.17, 15) is 4.79 Å². The maximum atomic E-state index is 12.2. The van der Waals surface area contributed by atoms with Gasteiger partial charge in [-0.1, -0.05) is 44.2 Å². The van der Waals surface area contributed by atoms with Gasteiger partial charge < -0.3 is 5.32 Å². The molecular formula is C16H25N3OS. The van der Waals surface area contributed by atoms with E-state index in [0.717, 1.165) is 24.7 Å². The van der Waals surface area contributed by atoms with Gasteiger partial charge in [0.05, 0.1) is 12.1 Å². The van der Waals surface area contributed by atoms with Crippen LogP contribution in [0.25, 0.3) is 0 Å². The highest BCUT2D eigenvalue weighted by atomic mass is 32.2. The average Bonchev–Trinajstić information content (AvgIpc) is 3.06. The minimum Gasteiger partial charge on any atom is -0.353 e. The number of nitrogens with one attached hydrogen (secondary N) is 2. The minimum atomic E-state index is -0.0388. The van der Waals surface area contributed by atoms with E-state index in [0.29, 0.717) is 6.54 Å². The number of amides is 1. The first-order chi connectivity index (χ1) is 10.3. The van der Waals surface area contributed by atoms with Crippen LogP contribution in [0.1, 0.15) is 25.5 Å². The Labute approximate surface area is 131 Å². The van der Waals surface area contributed by atoms with Gasteiger partial charge in [-0.15, -0.1) is 11.8 Å². The lowest BCUT2D eigenvalue weighted by Gasteiger charge is -2.30. The largest absolute Gasteiger partial charge is 0.353 e. The van der Waals surface area contributed by atoms with Gasteiger partial charge in [-0.2, -0.15) is 0 Å². The summed E-state index contributed by atoms with van der Waals surface area (Å²) >= 11 is 1.77. The van der Waals surface area contributed by atoms with Crippen molar-refractivity contribution in [3.63, 3.8) is 0 Å². The van der Waals surface area contributed by atoms with Gasteiger partial charge in [0.25, 0.3) is 0 Å². The van der Waals surface area contributed by atoms with Crippen molar-refractivity contribution in [2.75, 3.05) is 31.3 Å². The lowest BCUT2D eigenvalue weighted by molar-refractivity contribution is -0.122. The number of benzene rings is 1. The molecule has 1 aliphatic heterocycles. The molecule has 2 rings (SSSR count). The molecule has 116 valence electrons. The Bertz CT molecular complexity index is 430. The first-order valence-corrected chi connectivity index (χ1v) is 8.79. The van der Waals surface area contributed by atoms with Crippen molar-refractivity contribution < 1.29 is 4.79 Å². The summed E-state index contributed by atoms with van der Waals surface area (Å²) in [4.78, 5) is 14.6. The number of carbonyl (C=O) groups excluding carboxylic acids is 1. The third-order valence-electron chi connectivity index (χ3n) is 3.94. The summed E-state index contributed by atoms with van der Waals surface area (Å²) < 4.78 is 0. The van der Waals surface area contributed by atoms with Gasteiger partial charge in [0, 0.05) is 18.2 Å². The smallest absolute Gasteiger partial charge is 0.238 e. The predicted octanol–water partition coefficient (Wildman–Crippen LogP) is 1.85. The molecule has 21 heavy (non-hydrogen) atoms. The summed E-state index contributed by atoms with van der Waals surface area (Å²) in [6.07, 6.45) is 0. The number of thioether (sulfide) groups is 1. The summed E-state index contributed by atoms with van der Waals surface area (Å²) in [6, 6.07) is 10.6. The maximum Gasteiger partial charge on any atom is 0.238 e. The quantitative estimate of drug-likeness (QED) is 0.807. The van der Waals surface area contributed by atoms with Crippen molar-refractivity contribution in [2.24, 2.45) is 0 Å². The minimum absolute atomic E-state index is 0.0388. The molecular weight excluding hydrogens is 282 g/mol. The summed E-state index contributed by atoms with van der Waals surface area (Å²) in [6.45, 7) is 6.94. The fraction of sp³-hybridized carbons (Fsp3) is 0.562. The predicted molar refractivity (Wildman–Crippen MR) is 89.4 cm³/mol. The molecule has 4 nitrogen and oxygen atoms in total. The Morgan fingerprint density at radius 3 is 2.67 bits per heavy atom. The first kappa shape index (κ1) is 16.3. The molecule has 2 N–H and O–H groups in total. The second-order valence-electron chi connectivity index (χ2n) is 5.16. The van der Waals surface area contributed by atoms with E-state index < -0.39 is 0 Å². The van der Waals surface area contributed by atoms with Crippen molar-refractivity contribution in [1.82, 2.24) is 15.5 Å². The zero-order valence-corrected chi connectivity index (χ0v) is 13.7. The first-order valence-electron chi connectivity index (χ1n) is 7.64. The Morgan fingerprint density at radius 2 is 2.10 bits per heavy atom.